The van der Waals surface area contributed by atoms with Gasteiger partial charge in [-0.1, -0.05) is 12.5 Å². The molecule has 0 saturated carbocycles. The number of carbonyl (C=O) groups excluding carboxylic acids is 1. The molecule has 1 aromatic rings. The average Bonchev–Trinajstić information content (AvgIpc) is 2.47. The molecule has 2 rings (SSSR count). The maximum Gasteiger partial charge on any atom is 0.430 e. The highest BCUT2D eigenvalue weighted by Gasteiger charge is 2.34. The van der Waals surface area contributed by atoms with Gasteiger partial charge in [-0.15, -0.1) is 0 Å². The van der Waals surface area contributed by atoms with E-state index in [0.29, 0.717) is 0 Å². The standard InChI is InChI=1S/C17H24N2O4/c1-17(2,3)19(18-10-5-4-6-11-18)16(22)23-14-9-7-8-13(12-14)15(20)21/h7-9,12H,4-6,10-11H2,1-3H3,(H,20,21). The Morgan fingerprint density at radius 1 is 1.17 bits per heavy atom. The van der Waals surface area contributed by atoms with Crippen molar-refractivity contribution in [2.75, 3.05) is 13.1 Å². The molecule has 1 saturated heterocycles. The number of aromatic carboxylic acids is 1. The van der Waals surface area contributed by atoms with Crippen molar-refractivity contribution in [2.45, 2.75) is 45.6 Å². The summed E-state index contributed by atoms with van der Waals surface area (Å²) < 4.78 is 5.43. The van der Waals surface area contributed by atoms with Gasteiger partial charge in [0.25, 0.3) is 0 Å². The van der Waals surface area contributed by atoms with Gasteiger partial charge in [-0.2, -0.15) is 0 Å². The second-order valence-corrected chi connectivity index (χ2v) is 6.70. The first-order chi connectivity index (χ1) is 10.8. The van der Waals surface area contributed by atoms with Crippen molar-refractivity contribution in [3.63, 3.8) is 0 Å². The molecule has 0 bridgehead atoms. The van der Waals surface area contributed by atoms with Gasteiger partial charge in [0.05, 0.1) is 11.1 Å². The van der Waals surface area contributed by atoms with E-state index in [1.54, 1.807) is 17.1 Å². The highest BCUT2D eigenvalue weighted by Crippen LogP contribution is 2.23. The van der Waals surface area contributed by atoms with Crippen LogP contribution in [0.25, 0.3) is 0 Å². The summed E-state index contributed by atoms with van der Waals surface area (Å²) in [4.78, 5) is 23.7. The second kappa shape index (κ2) is 7.00. The zero-order valence-electron chi connectivity index (χ0n) is 13.9. The van der Waals surface area contributed by atoms with Crippen molar-refractivity contribution in [2.24, 2.45) is 0 Å². The quantitative estimate of drug-likeness (QED) is 0.924. The molecule has 1 aromatic carbocycles. The predicted molar refractivity (Wildman–Crippen MR) is 86.4 cm³/mol. The van der Waals surface area contributed by atoms with Crippen LogP contribution in [0.1, 0.15) is 50.4 Å². The van der Waals surface area contributed by atoms with Crippen molar-refractivity contribution in [3.05, 3.63) is 29.8 Å². The summed E-state index contributed by atoms with van der Waals surface area (Å²) in [6.45, 7) is 7.51. The molecule has 1 amide bonds. The number of hydrazine groups is 1. The van der Waals surface area contributed by atoms with Gasteiger partial charge >= 0.3 is 12.1 Å². The maximum absolute atomic E-state index is 12.7. The number of benzene rings is 1. The van der Waals surface area contributed by atoms with Crippen molar-refractivity contribution >= 4 is 12.1 Å². The number of carbonyl (C=O) groups is 2. The number of nitrogens with zero attached hydrogens (tertiary/aromatic N) is 2. The predicted octanol–water partition coefficient (Wildman–Crippen LogP) is 3.39. The Hall–Kier alpha value is -2.08. The van der Waals surface area contributed by atoms with Crippen LogP contribution in [0.2, 0.25) is 0 Å². The first-order valence-electron chi connectivity index (χ1n) is 7.89. The molecular weight excluding hydrogens is 296 g/mol. The number of amides is 1. The van der Waals surface area contributed by atoms with Crippen LogP contribution in [0, 0.1) is 0 Å². The Morgan fingerprint density at radius 3 is 2.39 bits per heavy atom. The van der Waals surface area contributed by atoms with E-state index in [-0.39, 0.29) is 11.3 Å². The van der Waals surface area contributed by atoms with E-state index in [1.165, 1.54) is 18.6 Å². The minimum Gasteiger partial charge on any atom is -0.478 e. The first-order valence-corrected chi connectivity index (χ1v) is 7.89. The van der Waals surface area contributed by atoms with Crippen LogP contribution < -0.4 is 4.74 Å². The van der Waals surface area contributed by atoms with Crippen LogP contribution in [0.4, 0.5) is 4.79 Å². The van der Waals surface area contributed by atoms with Crippen LogP contribution in [-0.2, 0) is 0 Å². The van der Waals surface area contributed by atoms with Crippen LogP contribution in [0.3, 0.4) is 0 Å². The molecule has 126 valence electrons. The molecule has 0 aliphatic carbocycles. The molecule has 0 spiro atoms. The number of carboxylic acids is 1. The van der Waals surface area contributed by atoms with Gasteiger partial charge in [-0.25, -0.2) is 19.6 Å². The third kappa shape index (κ3) is 4.45. The minimum absolute atomic E-state index is 0.0931. The lowest BCUT2D eigenvalue weighted by Gasteiger charge is -2.44. The van der Waals surface area contributed by atoms with E-state index in [1.807, 2.05) is 25.8 Å². The summed E-state index contributed by atoms with van der Waals surface area (Å²) >= 11 is 0. The molecular formula is C17H24N2O4. The minimum atomic E-state index is -1.05. The number of rotatable bonds is 3. The van der Waals surface area contributed by atoms with Crippen molar-refractivity contribution < 1.29 is 19.4 Å². The van der Waals surface area contributed by atoms with E-state index >= 15 is 0 Å². The number of carboxylic acid groups (broad SMARTS) is 1. The second-order valence-electron chi connectivity index (χ2n) is 6.70. The topological polar surface area (TPSA) is 70.1 Å². The van der Waals surface area contributed by atoms with Crippen molar-refractivity contribution in [3.8, 4) is 5.75 Å². The lowest BCUT2D eigenvalue weighted by atomic mass is 10.1. The fourth-order valence-electron chi connectivity index (χ4n) is 2.73. The number of hydrogen-bond donors (Lipinski definition) is 1. The molecule has 23 heavy (non-hydrogen) atoms. The molecule has 6 nitrogen and oxygen atoms in total. The molecule has 0 atom stereocenters. The van der Waals surface area contributed by atoms with Gasteiger partial charge in [-0.3, -0.25) is 0 Å². The van der Waals surface area contributed by atoms with E-state index in [2.05, 4.69) is 0 Å². The Morgan fingerprint density at radius 2 is 1.83 bits per heavy atom. The Bertz CT molecular complexity index is 574. The van der Waals surface area contributed by atoms with Crippen LogP contribution >= 0.6 is 0 Å². The molecule has 1 N–H and O–H groups in total. The molecule has 1 fully saturated rings. The van der Waals surface area contributed by atoms with Gasteiger partial charge < -0.3 is 9.84 Å². The number of ether oxygens (including phenoxy) is 1. The molecule has 0 unspecified atom stereocenters. The largest absolute Gasteiger partial charge is 0.478 e. The van der Waals surface area contributed by atoms with Crippen molar-refractivity contribution in [1.29, 1.82) is 0 Å². The molecule has 0 aromatic heterocycles. The lowest BCUT2D eigenvalue weighted by molar-refractivity contribution is -0.0729. The van der Waals surface area contributed by atoms with E-state index in [9.17, 15) is 9.59 Å². The third-order valence-corrected chi connectivity index (χ3v) is 3.71. The van der Waals surface area contributed by atoms with Crippen LogP contribution in [-0.4, -0.2) is 45.8 Å². The summed E-state index contributed by atoms with van der Waals surface area (Å²) in [5.41, 5.74) is -0.325. The fourth-order valence-corrected chi connectivity index (χ4v) is 2.73. The smallest absolute Gasteiger partial charge is 0.430 e. The zero-order valence-corrected chi connectivity index (χ0v) is 13.9. The third-order valence-electron chi connectivity index (χ3n) is 3.71. The first kappa shape index (κ1) is 17.3. The SMILES string of the molecule is CC(C)(C)N(C(=O)Oc1cccc(C(=O)O)c1)N1CCCCC1. The lowest BCUT2D eigenvalue weighted by Crippen LogP contribution is -2.58. The monoisotopic (exact) mass is 320 g/mol. The maximum atomic E-state index is 12.7. The summed E-state index contributed by atoms with van der Waals surface area (Å²) in [5, 5.41) is 12.7. The van der Waals surface area contributed by atoms with E-state index in [4.69, 9.17) is 9.84 Å². The van der Waals surface area contributed by atoms with Gasteiger partial charge in [-0.05, 0) is 51.8 Å². The summed E-state index contributed by atoms with van der Waals surface area (Å²) in [7, 11) is 0. The van der Waals surface area contributed by atoms with E-state index < -0.39 is 17.6 Å². The van der Waals surface area contributed by atoms with Crippen molar-refractivity contribution in [1.82, 2.24) is 10.0 Å². The van der Waals surface area contributed by atoms with Gasteiger partial charge in [0.15, 0.2) is 0 Å². The summed E-state index contributed by atoms with van der Waals surface area (Å²) in [6.07, 6.45) is 2.79. The Kier molecular flexibility index (Phi) is 5.26. The highest BCUT2D eigenvalue weighted by molar-refractivity contribution is 5.88. The fraction of sp³-hybridized carbons (Fsp3) is 0.529. The molecule has 1 aliphatic rings. The van der Waals surface area contributed by atoms with Gasteiger partial charge in [0.2, 0.25) is 0 Å². The van der Waals surface area contributed by atoms with Gasteiger partial charge in [0, 0.05) is 13.1 Å². The summed E-state index contributed by atoms with van der Waals surface area (Å²) in [5.74, 6) is -0.812. The van der Waals surface area contributed by atoms with E-state index in [0.717, 1.165) is 25.9 Å². The molecule has 1 aliphatic heterocycles. The Labute approximate surface area is 136 Å². The average molecular weight is 320 g/mol. The number of piperidine rings is 1. The highest BCUT2D eigenvalue weighted by atomic mass is 16.6. The molecule has 6 heteroatoms. The van der Waals surface area contributed by atoms with Gasteiger partial charge in [0.1, 0.15) is 5.75 Å². The number of hydrogen-bond acceptors (Lipinski definition) is 4. The Balaban J connectivity index is 2.17. The van der Waals surface area contributed by atoms with Crippen LogP contribution in [0.5, 0.6) is 5.75 Å². The molecule has 0 radical (unpaired) electrons. The zero-order chi connectivity index (χ0) is 17.0. The summed E-state index contributed by atoms with van der Waals surface area (Å²) in [6, 6.07) is 5.97. The normalized spacial score (nSPS) is 16.0. The molecule has 1 heterocycles. The van der Waals surface area contributed by atoms with Crippen LogP contribution in [0.15, 0.2) is 24.3 Å².